The van der Waals surface area contributed by atoms with Crippen molar-refractivity contribution in [1.29, 1.82) is 0 Å². The van der Waals surface area contributed by atoms with E-state index in [-0.39, 0.29) is 0 Å². The average Bonchev–Trinajstić information content (AvgIpc) is 2.47. The minimum Gasteiger partial charge on any atom is -0.493 e. The first-order chi connectivity index (χ1) is 9.40. The number of morpholine rings is 1. The molecule has 1 saturated heterocycles. The van der Waals surface area contributed by atoms with Crippen molar-refractivity contribution in [2.75, 3.05) is 46.0 Å². The first-order valence-electron chi connectivity index (χ1n) is 7.11. The molecule has 0 bridgehead atoms. The van der Waals surface area contributed by atoms with Gasteiger partial charge in [-0.2, -0.15) is 0 Å². The van der Waals surface area contributed by atoms with Crippen LogP contribution in [-0.2, 0) is 11.2 Å². The summed E-state index contributed by atoms with van der Waals surface area (Å²) in [6, 6.07) is 8.16. The highest BCUT2D eigenvalue weighted by Crippen LogP contribution is 2.18. The Kier molecular flexibility index (Phi) is 6.14. The minimum atomic E-state index is 0.661. The van der Waals surface area contributed by atoms with Crippen molar-refractivity contribution in [1.82, 2.24) is 4.90 Å². The average molecular weight is 264 g/mol. The zero-order valence-electron chi connectivity index (χ0n) is 11.5. The molecule has 0 atom stereocenters. The molecule has 0 saturated carbocycles. The maximum atomic E-state index is 5.87. The standard InChI is InChI=1S/C15H24N2O2/c16-7-6-14-4-1-2-5-15(14)19-11-3-8-17-9-12-18-13-10-17/h1-2,4-5H,3,6-13,16H2. The zero-order chi connectivity index (χ0) is 13.3. The Morgan fingerprint density at radius 1 is 1.21 bits per heavy atom. The van der Waals surface area contributed by atoms with E-state index in [0.29, 0.717) is 6.54 Å². The summed E-state index contributed by atoms with van der Waals surface area (Å²) in [7, 11) is 0. The van der Waals surface area contributed by atoms with Crippen LogP contribution in [0.25, 0.3) is 0 Å². The van der Waals surface area contributed by atoms with Gasteiger partial charge in [0.15, 0.2) is 0 Å². The van der Waals surface area contributed by atoms with E-state index >= 15 is 0 Å². The minimum absolute atomic E-state index is 0.661. The van der Waals surface area contributed by atoms with E-state index in [9.17, 15) is 0 Å². The molecule has 1 aliphatic rings. The van der Waals surface area contributed by atoms with Crippen LogP contribution < -0.4 is 10.5 Å². The second-order valence-electron chi connectivity index (χ2n) is 4.80. The Labute approximate surface area is 115 Å². The number of ether oxygens (including phenoxy) is 2. The van der Waals surface area contributed by atoms with Crippen LogP contribution in [0.4, 0.5) is 0 Å². The SMILES string of the molecule is NCCc1ccccc1OCCCN1CCOCC1. The quantitative estimate of drug-likeness (QED) is 0.754. The summed E-state index contributed by atoms with van der Waals surface area (Å²) in [5.41, 5.74) is 6.81. The molecule has 4 nitrogen and oxygen atoms in total. The lowest BCUT2D eigenvalue weighted by atomic mass is 10.1. The number of nitrogens with two attached hydrogens (primary N) is 1. The van der Waals surface area contributed by atoms with Crippen LogP contribution in [0.5, 0.6) is 5.75 Å². The Bertz CT molecular complexity index is 365. The van der Waals surface area contributed by atoms with Crippen molar-refractivity contribution >= 4 is 0 Å². The summed E-state index contributed by atoms with van der Waals surface area (Å²) in [5, 5.41) is 0. The van der Waals surface area contributed by atoms with Crippen LogP contribution in [0, 0.1) is 0 Å². The fourth-order valence-corrected chi connectivity index (χ4v) is 2.30. The van der Waals surface area contributed by atoms with E-state index in [2.05, 4.69) is 11.0 Å². The Balaban J connectivity index is 1.70. The van der Waals surface area contributed by atoms with Gasteiger partial charge in [-0.05, 0) is 31.0 Å². The highest BCUT2D eigenvalue weighted by atomic mass is 16.5. The van der Waals surface area contributed by atoms with Gasteiger partial charge in [-0.3, -0.25) is 4.90 Å². The van der Waals surface area contributed by atoms with E-state index < -0.39 is 0 Å². The first kappa shape index (κ1) is 14.3. The van der Waals surface area contributed by atoms with Crippen molar-refractivity contribution < 1.29 is 9.47 Å². The molecule has 0 amide bonds. The molecule has 2 rings (SSSR count). The molecule has 4 heteroatoms. The number of hydrogen-bond acceptors (Lipinski definition) is 4. The largest absolute Gasteiger partial charge is 0.493 e. The van der Waals surface area contributed by atoms with E-state index in [0.717, 1.165) is 58.0 Å². The van der Waals surface area contributed by atoms with Gasteiger partial charge in [0, 0.05) is 19.6 Å². The summed E-state index contributed by atoms with van der Waals surface area (Å²) in [6.07, 6.45) is 1.93. The lowest BCUT2D eigenvalue weighted by Gasteiger charge is -2.26. The number of para-hydroxylation sites is 1. The molecular weight excluding hydrogens is 240 g/mol. The molecule has 1 fully saturated rings. The van der Waals surface area contributed by atoms with Crippen LogP contribution in [0.15, 0.2) is 24.3 Å². The monoisotopic (exact) mass is 264 g/mol. The number of rotatable bonds is 7. The van der Waals surface area contributed by atoms with Crippen LogP contribution in [0.1, 0.15) is 12.0 Å². The third-order valence-electron chi connectivity index (χ3n) is 3.37. The van der Waals surface area contributed by atoms with Crippen molar-refractivity contribution in [3.05, 3.63) is 29.8 Å². The van der Waals surface area contributed by atoms with Gasteiger partial charge in [-0.15, -0.1) is 0 Å². The van der Waals surface area contributed by atoms with E-state index in [1.807, 2.05) is 18.2 Å². The van der Waals surface area contributed by atoms with Gasteiger partial charge in [0.05, 0.1) is 19.8 Å². The summed E-state index contributed by atoms with van der Waals surface area (Å²) in [6.45, 7) is 6.32. The summed E-state index contributed by atoms with van der Waals surface area (Å²) < 4.78 is 11.2. The molecule has 0 radical (unpaired) electrons. The second kappa shape index (κ2) is 8.15. The van der Waals surface area contributed by atoms with Gasteiger partial charge in [0.25, 0.3) is 0 Å². The molecule has 1 heterocycles. The molecule has 19 heavy (non-hydrogen) atoms. The molecule has 1 aromatic rings. The van der Waals surface area contributed by atoms with Crippen LogP contribution in [-0.4, -0.2) is 50.9 Å². The van der Waals surface area contributed by atoms with Crippen molar-refractivity contribution in [3.8, 4) is 5.75 Å². The van der Waals surface area contributed by atoms with Gasteiger partial charge >= 0.3 is 0 Å². The van der Waals surface area contributed by atoms with Crippen LogP contribution in [0.2, 0.25) is 0 Å². The highest BCUT2D eigenvalue weighted by Gasteiger charge is 2.09. The smallest absolute Gasteiger partial charge is 0.122 e. The third-order valence-corrected chi connectivity index (χ3v) is 3.37. The van der Waals surface area contributed by atoms with Gasteiger partial charge < -0.3 is 15.2 Å². The second-order valence-corrected chi connectivity index (χ2v) is 4.80. The molecule has 0 spiro atoms. The molecule has 106 valence electrons. The topological polar surface area (TPSA) is 47.7 Å². The molecule has 1 aromatic carbocycles. The summed E-state index contributed by atoms with van der Waals surface area (Å²) in [4.78, 5) is 2.43. The molecule has 0 aromatic heterocycles. The van der Waals surface area contributed by atoms with E-state index in [4.69, 9.17) is 15.2 Å². The predicted molar refractivity (Wildman–Crippen MR) is 76.6 cm³/mol. The molecule has 0 aliphatic carbocycles. The first-order valence-corrected chi connectivity index (χ1v) is 7.11. The number of benzene rings is 1. The van der Waals surface area contributed by atoms with Crippen LogP contribution in [0.3, 0.4) is 0 Å². The Morgan fingerprint density at radius 2 is 2.00 bits per heavy atom. The van der Waals surface area contributed by atoms with E-state index in [1.54, 1.807) is 0 Å². The number of hydrogen-bond donors (Lipinski definition) is 1. The maximum absolute atomic E-state index is 5.87. The van der Waals surface area contributed by atoms with Crippen molar-refractivity contribution in [3.63, 3.8) is 0 Å². The maximum Gasteiger partial charge on any atom is 0.122 e. The Hall–Kier alpha value is -1.10. The van der Waals surface area contributed by atoms with Crippen LogP contribution >= 0.6 is 0 Å². The molecule has 0 unspecified atom stereocenters. The highest BCUT2D eigenvalue weighted by molar-refractivity contribution is 5.33. The van der Waals surface area contributed by atoms with Gasteiger partial charge in [0.1, 0.15) is 5.75 Å². The zero-order valence-corrected chi connectivity index (χ0v) is 11.5. The normalized spacial score (nSPS) is 16.5. The third kappa shape index (κ3) is 4.82. The number of nitrogens with zero attached hydrogens (tertiary/aromatic N) is 1. The van der Waals surface area contributed by atoms with Gasteiger partial charge in [0.2, 0.25) is 0 Å². The Morgan fingerprint density at radius 3 is 2.79 bits per heavy atom. The lowest BCUT2D eigenvalue weighted by molar-refractivity contribution is 0.0358. The van der Waals surface area contributed by atoms with E-state index in [1.165, 1.54) is 5.56 Å². The molecular formula is C15H24N2O2. The van der Waals surface area contributed by atoms with Crippen molar-refractivity contribution in [2.24, 2.45) is 5.73 Å². The van der Waals surface area contributed by atoms with Gasteiger partial charge in [-0.1, -0.05) is 18.2 Å². The molecule has 1 aliphatic heterocycles. The predicted octanol–water partition coefficient (Wildman–Crippen LogP) is 1.29. The fraction of sp³-hybridized carbons (Fsp3) is 0.600. The molecule has 2 N–H and O–H groups in total. The lowest BCUT2D eigenvalue weighted by Crippen LogP contribution is -2.37. The summed E-state index contributed by atoms with van der Waals surface area (Å²) >= 11 is 0. The summed E-state index contributed by atoms with van der Waals surface area (Å²) in [5.74, 6) is 0.981. The fourth-order valence-electron chi connectivity index (χ4n) is 2.30. The van der Waals surface area contributed by atoms with Crippen molar-refractivity contribution in [2.45, 2.75) is 12.8 Å². The van der Waals surface area contributed by atoms with Gasteiger partial charge in [-0.25, -0.2) is 0 Å².